The van der Waals surface area contributed by atoms with E-state index in [1.165, 1.54) is 19.4 Å². The van der Waals surface area contributed by atoms with Crippen LogP contribution in [0.5, 0.6) is 0 Å². The van der Waals surface area contributed by atoms with E-state index in [1.54, 1.807) is 0 Å². The molecule has 1 N–H and O–H groups in total. The molecule has 0 radical (unpaired) electrons. The molecule has 1 saturated heterocycles. The van der Waals surface area contributed by atoms with E-state index in [0.717, 1.165) is 44.0 Å². The SMILES string of the molecule is CCN(C)CCNC(=NC)N1CCC(CC(C)C)C1.I. The molecular weight excluding hydrogens is 363 g/mol. The van der Waals surface area contributed by atoms with Gasteiger partial charge in [-0.2, -0.15) is 0 Å². The summed E-state index contributed by atoms with van der Waals surface area (Å²) in [6.45, 7) is 12.3. The Balaban J connectivity index is 0.00000361. The second-order valence-corrected chi connectivity index (χ2v) is 6.10. The second-order valence-electron chi connectivity index (χ2n) is 6.10. The lowest BCUT2D eigenvalue weighted by Gasteiger charge is -2.23. The maximum atomic E-state index is 4.42. The minimum atomic E-state index is 0. The maximum Gasteiger partial charge on any atom is 0.193 e. The van der Waals surface area contributed by atoms with Crippen LogP contribution in [0.2, 0.25) is 0 Å². The minimum absolute atomic E-state index is 0. The normalized spacial score (nSPS) is 19.6. The van der Waals surface area contributed by atoms with Gasteiger partial charge in [0, 0.05) is 33.2 Å². The van der Waals surface area contributed by atoms with Crippen molar-refractivity contribution in [2.75, 3.05) is 46.8 Å². The summed E-state index contributed by atoms with van der Waals surface area (Å²) in [5.41, 5.74) is 0. The highest BCUT2D eigenvalue weighted by molar-refractivity contribution is 14.0. The molecule has 1 aliphatic heterocycles. The van der Waals surface area contributed by atoms with Crippen LogP contribution in [0.3, 0.4) is 0 Å². The zero-order valence-corrected chi connectivity index (χ0v) is 16.2. The van der Waals surface area contributed by atoms with E-state index >= 15 is 0 Å². The molecule has 1 rings (SSSR count). The number of rotatable bonds is 6. The van der Waals surface area contributed by atoms with Crippen molar-refractivity contribution in [2.45, 2.75) is 33.6 Å². The Morgan fingerprint density at radius 2 is 2.15 bits per heavy atom. The van der Waals surface area contributed by atoms with Gasteiger partial charge in [-0.1, -0.05) is 20.8 Å². The van der Waals surface area contributed by atoms with Crippen LogP contribution in [0.15, 0.2) is 4.99 Å². The first kappa shape index (κ1) is 20.0. The summed E-state index contributed by atoms with van der Waals surface area (Å²) in [6.07, 6.45) is 2.65. The number of guanidine groups is 1. The number of likely N-dealkylation sites (tertiary alicyclic amines) is 1. The van der Waals surface area contributed by atoms with Crippen LogP contribution in [0.1, 0.15) is 33.6 Å². The van der Waals surface area contributed by atoms with Crippen LogP contribution in [0, 0.1) is 11.8 Å². The van der Waals surface area contributed by atoms with Gasteiger partial charge in [-0.05, 0) is 38.3 Å². The van der Waals surface area contributed by atoms with E-state index in [2.05, 4.69) is 47.9 Å². The highest BCUT2D eigenvalue weighted by Gasteiger charge is 2.25. The molecule has 1 aliphatic rings. The molecule has 0 saturated carbocycles. The average molecular weight is 396 g/mol. The molecule has 0 aromatic rings. The molecule has 0 aliphatic carbocycles. The van der Waals surface area contributed by atoms with Crippen LogP contribution >= 0.6 is 24.0 Å². The Morgan fingerprint density at radius 1 is 1.45 bits per heavy atom. The van der Waals surface area contributed by atoms with Gasteiger partial charge in [0.15, 0.2) is 5.96 Å². The van der Waals surface area contributed by atoms with Crippen molar-refractivity contribution in [3.05, 3.63) is 0 Å². The van der Waals surface area contributed by atoms with Gasteiger partial charge in [0.1, 0.15) is 0 Å². The van der Waals surface area contributed by atoms with Crippen LogP contribution < -0.4 is 5.32 Å². The van der Waals surface area contributed by atoms with Crippen LogP contribution in [-0.4, -0.2) is 62.6 Å². The molecule has 1 fully saturated rings. The summed E-state index contributed by atoms with van der Waals surface area (Å²) < 4.78 is 0. The van der Waals surface area contributed by atoms with Gasteiger partial charge in [0.2, 0.25) is 0 Å². The topological polar surface area (TPSA) is 30.9 Å². The molecule has 1 unspecified atom stereocenters. The van der Waals surface area contributed by atoms with Crippen molar-refractivity contribution in [3.8, 4) is 0 Å². The summed E-state index contributed by atoms with van der Waals surface area (Å²) in [5.74, 6) is 2.73. The molecule has 1 atom stereocenters. The Hall–Kier alpha value is -0.0400. The lowest BCUT2D eigenvalue weighted by atomic mass is 9.97. The molecular formula is C15H33IN4. The molecule has 4 nitrogen and oxygen atoms in total. The highest BCUT2D eigenvalue weighted by Crippen LogP contribution is 2.23. The molecule has 120 valence electrons. The summed E-state index contributed by atoms with van der Waals surface area (Å²) >= 11 is 0. The van der Waals surface area contributed by atoms with Gasteiger partial charge in [-0.25, -0.2) is 0 Å². The quantitative estimate of drug-likeness (QED) is 0.425. The van der Waals surface area contributed by atoms with Gasteiger partial charge < -0.3 is 15.1 Å². The Morgan fingerprint density at radius 3 is 2.70 bits per heavy atom. The smallest absolute Gasteiger partial charge is 0.193 e. The van der Waals surface area contributed by atoms with Gasteiger partial charge >= 0.3 is 0 Å². The van der Waals surface area contributed by atoms with E-state index in [4.69, 9.17) is 0 Å². The van der Waals surface area contributed by atoms with E-state index in [1.807, 2.05) is 7.05 Å². The average Bonchev–Trinajstić information content (AvgIpc) is 2.81. The standard InChI is InChI=1S/C15H32N4.HI/c1-6-18(5)10-8-17-15(16-4)19-9-7-14(12-19)11-13(2)3;/h13-14H,6-12H2,1-5H3,(H,16,17);1H. The monoisotopic (exact) mass is 396 g/mol. The maximum absolute atomic E-state index is 4.42. The van der Waals surface area contributed by atoms with Gasteiger partial charge in [0.25, 0.3) is 0 Å². The third kappa shape index (κ3) is 7.11. The van der Waals surface area contributed by atoms with Gasteiger partial charge in [-0.3, -0.25) is 4.99 Å². The molecule has 0 amide bonds. The molecule has 0 aromatic heterocycles. The molecule has 0 spiro atoms. The van der Waals surface area contributed by atoms with Crippen LogP contribution in [0.4, 0.5) is 0 Å². The van der Waals surface area contributed by atoms with E-state index in [9.17, 15) is 0 Å². The van der Waals surface area contributed by atoms with Crippen LogP contribution in [-0.2, 0) is 0 Å². The summed E-state index contributed by atoms with van der Waals surface area (Å²) in [7, 11) is 4.04. The number of hydrogen-bond acceptors (Lipinski definition) is 2. The zero-order chi connectivity index (χ0) is 14.3. The first-order valence-corrected chi connectivity index (χ1v) is 7.70. The first-order chi connectivity index (χ1) is 9.06. The van der Waals surface area contributed by atoms with Crippen molar-refractivity contribution in [2.24, 2.45) is 16.8 Å². The van der Waals surface area contributed by atoms with E-state index in [0.29, 0.717) is 0 Å². The number of hydrogen-bond donors (Lipinski definition) is 1. The molecule has 5 heteroatoms. The van der Waals surface area contributed by atoms with E-state index in [-0.39, 0.29) is 24.0 Å². The molecule has 0 bridgehead atoms. The largest absolute Gasteiger partial charge is 0.355 e. The molecule has 1 heterocycles. The molecule has 0 aromatic carbocycles. The minimum Gasteiger partial charge on any atom is -0.355 e. The fraction of sp³-hybridized carbons (Fsp3) is 0.933. The number of nitrogens with zero attached hydrogens (tertiary/aromatic N) is 3. The lowest BCUT2D eigenvalue weighted by molar-refractivity contribution is 0.352. The predicted octanol–water partition coefficient (Wildman–Crippen LogP) is 2.50. The Labute approximate surface area is 142 Å². The summed E-state index contributed by atoms with van der Waals surface area (Å²) in [5, 5.41) is 3.48. The van der Waals surface area contributed by atoms with Crippen molar-refractivity contribution >= 4 is 29.9 Å². The Kier molecular flexibility index (Phi) is 10.6. The van der Waals surface area contributed by atoms with Crippen molar-refractivity contribution in [1.29, 1.82) is 0 Å². The Bertz CT molecular complexity index is 281. The van der Waals surface area contributed by atoms with Gasteiger partial charge in [0.05, 0.1) is 0 Å². The van der Waals surface area contributed by atoms with Crippen molar-refractivity contribution < 1.29 is 0 Å². The fourth-order valence-corrected chi connectivity index (χ4v) is 2.73. The van der Waals surface area contributed by atoms with Crippen LogP contribution in [0.25, 0.3) is 0 Å². The van der Waals surface area contributed by atoms with Gasteiger partial charge in [-0.15, -0.1) is 24.0 Å². The number of halogens is 1. The summed E-state index contributed by atoms with van der Waals surface area (Å²) in [6, 6.07) is 0. The highest BCUT2D eigenvalue weighted by atomic mass is 127. The second kappa shape index (κ2) is 10.7. The van der Waals surface area contributed by atoms with Crippen molar-refractivity contribution in [3.63, 3.8) is 0 Å². The third-order valence-electron chi connectivity index (χ3n) is 3.92. The fourth-order valence-electron chi connectivity index (χ4n) is 2.73. The summed E-state index contributed by atoms with van der Waals surface area (Å²) in [4.78, 5) is 9.15. The lowest BCUT2D eigenvalue weighted by Crippen LogP contribution is -2.42. The molecule has 20 heavy (non-hydrogen) atoms. The zero-order valence-electron chi connectivity index (χ0n) is 13.9. The predicted molar refractivity (Wildman–Crippen MR) is 99.1 cm³/mol. The van der Waals surface area contributed by atoms with E-state index < -0.39 is 0 Å². The number of aliphatic imine (C=N–C) groups is 1. The first-order valence-electron chi connectivity index (χ1n) is 7.70. The number of likely N-dealkylation sites (N-methyl/N-ethyl adjacent to an activating group) is 1. The van der Waals surface area contributed by atoms with Crippen molar-refractivity contribution in [1.82, 2.24) is 15.1 Å². The third-order valence-corrected chi connectivity index (χ3v) is 3.92. The number of nitrogens with one attached hydrogen (secondary N) is 1.